The summed E-state index contributed by atoms with van der Waals surface area (Å²) in [4.78, 5) is 51.1. The van der Waals surface area contributed by atoms with Crippen molar-refractivity contribution in [2.24, 2.45) is 0 Å². The number of aryl methyl sites for hydroxylation is 2. The summed E-state index contributed by atoms with van der Waals surface area (Å²) in [5, 5.41) is 3.06. The van der Waals surface area contributed by atoms with Crippen molar-refractivity contribution in [1.82, 2.24) is 24.5 Å². The van der Waals surface area contributed by atoms with E-state index in [-0.39, 0.29) is 18.0 Å². The zero-order valence-corrected chi connectivity index (χ0v) is 27.7. The van der Waals surface area contributed by atoms with Gasteiger partial charge in [-0.15, -0.1) is 0 Å². The molecule has 1 unspecified atom stereocenters. The molecule has 4 heterocycles. The number of ether oxygens (including phenoxy) is 1. The Hall–Kier alpha value is -3.63. The van der Waals surface area contributed by atoms with Crippen molar-refractivity contribution < 1.29 is 19.1 Å². The Labute approximate surface area is 273 Å². The Morgan fingerprint density at radius 1 is 0.826 bits per heavy atom. The van der Waals surface area contributed by atoms with Crippen molar-refractivity contribution in [3.05, 3.63) is 64.7 Å². The number of hydrogen-bond donors (Lipinski definition) is 1. The van der Waals surface area contributed by atoms with Gasteiger partial charge in [0.05, 0.1) is 0 Å². The van der Waals surface area contributed by atoms with Crippen LogP contribution >= 0.6 is 0 Å². The number of anilines is 1. The fourth-order valence-electron chi connectivity index (χ4n) is 7.72. The molecule has 2 aromatic carbocycles. The zero-order chi connectivity index (χ0) is 32.2. The number of carbonyl (C=O) groups excluding carboxylic acids is 3. The average molecular weight is 631 g/mol. The maximum Gasteiger partial charge on any atom is 0.410 e. The third-order valence-corrected chi connectivity index (χ3v) is 10.4. The Balaban J connectivity index is 1.07. The molecule has 3 saturated heterocycles. The normalized spacial score (nSPS) is 21.4. The number of urea groups is 1. The molecule has 0 bridgehead atoms. The summed E-state index contributed by atoms with van der Waals surface area (Å²) in [5.74, 6) is -0.0972. The predicted molar refractivity (Wildman–Crippen MR) is 179 cm³/mol. The summed E-state index contributed by atoms with van der Waals surface area (Å²) in [7, 11) is 2.17. The summed E-state index contributed by atoms with van der Waals surface area (Å²) in [6.45, 7) is 11.4. The van der Waals surface area contributed by atoms with Gasteiger partial charge in [0.25, 0.3) is 5.91 Å². The minimum absolute atomic E-state index is 0.0488. The van der Waals surface area contributed by atoms with Crippen LogP contribution in [0.4, 0.5) is 15.3 Å². The van der Waals surface area contributed by atoms with Crippen LogP contribution in [-0.2, 0) is 22.4 Å². The summed E-state index contributed by atoms with van der Waals surface area (Å²) >= 11 is 0. The van der Waals surface area contributed by atoms with E-state index in [1.165, 1.54) is 0 Å². The van der Waals surface area contributed by atoms with E-state index in [2.05, 4.69) is 60.3 Å². The highest BCUT2D eigenvalue weighted by atomic mass is 16.6. The highest BCUT2D eigenvalue weighted by molar-refractivity contribution is 5.91. The van der Waals surface area contributed by atoms with Crippen molar-refractivity contribution in [3.63, 3.8) is 0 Å². The molecule has 10 heteroatoms. The molecule has 0 aliphatic carbocycles. The maximum absolute atomic E-state index is 14.0. The van der Waals surface area contributed by atoms with Gasteiger partial charge < -0.3 is 29.7 Å². The Bertz CT molecular complexity index is 1370. The van der Waals surface area contributed by atoms with E-state index < -0.39 is 12.2 Å². The quantitative estimate of drug-likeness (QED) is 0.516. The van der Waals surface area contributed by atoms with Crippen molar-refractivity contribution in [2.45, 2.75) is 70.6 Å². The highest BCUT2D eigenvalue weighted by Crippen LogP contribution is 2.26. The van der Waals surface area contributed by atoms with Gasteiger partial charge in [0.15, 0.2) is 6.10 Å². The lowest BCUT2D eigenvalue weighted by Crippen LogP contribution is -2.54. The summed E-state index contributed by atoms with van der Waals surface area (Å²) < 4.78 is 6.09. The number of likely N-dealkylation sites (tertiary alicyclic amines) is 2. The van der Waals surface area contributed by atoms with Gasteiger partial charge in [-0.2, -0.15) is 0 Å². The number of piperazine rings is 1. The minimum Gasteiger partial charge on any atom is -0.436 e. The van der Waals surface area contributed by atoms with Crippen molar-refractivity contribution in [2.75, 3.05) is 71.3 Å². The molecule has 6 rings (SSSR count). The number of benzene rings is 2. The van der Waals surface area contributed by atoms with Crippen LogP contribution in [-0.4, -0.2) is 127 Å². The lowest BCUT2D eigenvalue weighted by atomic mass is 9.99. The lowest BCUT2D eigenvalue weighted by molar-refractivity contribution is -0.142. The molecule has 0 spiro atoms. The van der Waals surface area contributed by atoms with Gasteiger partial charge in [-0.1, -0.05) is 47.5 Å². The minimum atomic E-state index is -0.874. The Morgan fingerprint density at radius 3 is 2.15 bits per heavy atom. The molecular formula is C36H50N6O4. The fraction of sp³-hybridized carbons (Fsp3) is 0.583. The predicted octanol–water partition coefficient (Wildman–Crippen LogP) is 4.14. The van der Waals surface area contributed by atoms with Crippen molar-refractivity contribution in [1.29, 1.82) is 0 Å². The van der Waals surface area contributed by atoms with Gasteiger partial charge in [-0.3, -0.25) is 9.69 Å². The smallest absolute Gasteiger partial charge is 0.410 e. The van der Waals surface area contributed by atoms with E-state index in [9.17, 15) is 14.4 Å². The van der Waals surface area contributed by atoms with Crippen LogP contribution in [0, 0.1) is 13.8 Å². The molecule has 4 aliphatic rings. The number of hydrogen-bond acceptors (Lipinski definition) is 6. The summed E-state index contributed by atoms with van der Waals surface area (Å²) in [6, 6.07) is 14.7. The first-order valence-corrected chi connectivity index (χ1v) is 17.1. The number of nitrogens with one attached hydrogen (secondary N) is 1. The summed E-state index contributed by atoms with van der Waals surface area (Å²) in [6.07, 6.45) is 3.08. The first-order chi connectivity index (χ1) is 22.2. The number of rotatable bonds is 6. The molecule has 0 saturated carbocycles. The number of amides is 4. The van der Waals surface area contributed by atoms with E-state index >= 15 is 0 Å². The van der Waals surface area contributed by atoms with Gasteiger partial charge in [-0.05, 0) is 70.2 Å². The standard InChI is InChI=1S/C36H50N6O4/c1-26-22-27(2)24-28(23-26)25-33(34(43)40-13-9-30(10-14-40)39-20-18-38(3)19-21-39)46-36(45)41-15-11-31(12-16-41)42-17-8-29-6-4-5-7-32(29)37-35(42)44/h4-7,22-24,30-31,33H,8-21,25H2,1-3H3,(H,37,44). The molecule has 0 aromatic heterocycles. The molecule has 3 fully saturated rings. The molecule has 248 valence electrons. The second kappa shape index (κ2) is 14.4. The molecule has 1 atom stereocenters. The van der Waals surface area contributed by atoms with Crippen LogP contribution in [0.3, 0.4) is 0 Å². The number of carbonyl (C=O) groups is 3. The van der Waals surface area contributed by atoms with Crippen molar-refractivity contribution in [3.8, 4) is 0 Å². The van der Waals surface area contributed by atoms with Gasteiger partial charge in [0.1, 0.15) is 0 Å². The van der Waals surface area contributed by atoms with Gasteiger partial charge in [0, 0.05) is 83.1 Å². The van der Waals surface area contributed by atoms with E-state index in [4.69, 9.17) is 4.74 Å². The molecule has 1 N–H and O–H groups in total. The number of nitrogens with zero attached hydrogens (tertiary/aromatic N) is 5. The molecule has 2 aromatic rings. The monoisotopic (exact) mass is 630 g/mol. The Kier molecular flexibility index (Phi) is 10.1. The second-order valence-corrected chi connectivity index (χ2v) is 13.7. The number of para-hydroxylation sites is 1. The number of piperidine rings is 2. The van der Waals surface area contributed by atoms with E-state index in [1.807, 2.05) is 28.0 Å². The average Bonchev–Trinajstić information content (AvgIpc) is 3.22. The third kappa shape index (κ3) is 7.66. The molecule has 0 radical (unpaired) electrons. The third-order valence-electron chi connectivity index (χ3n) is 10.4. The van der Waals surface area contributed by atoms with Gasteiger partial charge >= 0.3 is 12.1 Å². The number of likely N-dealkylation sites (N-methyl/N-ethyl adjacent to an activating group) is 1. The molecule has 4 aliphatic heterocycles. The number of fused-ring (bicyclic) bond motifs is 1. The van der Waals surface area contributed by atoms with Crippen LogP contribution in [0.15, 0.2) is 42.5 Å². The van der Waals surface area contributed by atoms with Crippen LogP contribution in [0.25, 0.3) is 0 Å². The molecule has 46 heavy (non-hydrogen) atoms. The van der Waals surface area contributed by atoms with Gasteiger partial charge in [0.2, 0.25) is 0 Å². The second-order valence-electron chi connectivity index (χ2n) is 13.7. The van der Waals surface area contributed by atoms with Crippen LogP contribution < -0.4 is 5.32 Å². The van der Waals surface area contributed by atoms with Crippen LogP contribution in [0.5, 0.6) is 0 Å². The Morgan fingerprint density at radius 2 is 1.46 bits per heavy atom. The summed E-state index contributed by atoms with van der Waals surface area (Å²) in [5.41, 5.74) is 5.27. The first-order valence-electron chi connectivity index (χ1n) is 17.1. The van der Waals surface area contributed by atoms with Crippen molar-refractivity contribution >= 4 is 23.7 Å². The lowest BCUT2D eigenvalue weighted by Gasteiger charge is -2.42. The van der Waals surface area contributed by atoms with E-state index in [1.54, 1.807) is 4.90 Å². The SMILES string of the molecule is Cc1cc(C)cc(CC(OC(=O)N2CCC(N3CCc4ccccc4NC3=O)CC2)C(=O)N2CCC(N3CCN(C)CC3)CC2)c1. The van der Waals surface area contributed by atoms with Gasteiger partial charge in [-0.25, -0.2) is 9.59 Å². The highest BCUT2D eigenvalue weighted by Gasteiger charge is 2.36. The van der Waals surface area contributed by atoms with E-state index in [0.717, 1.165) is 73.4 Å². The van der Waals surface area contributed by atoms with E-state index in [0.29, 0.717) is 58.0 Å². The first kappa shape index (κ1) is 32.3. The largest absolute Gasteiger partial charge is 0.436 e. The zero-order valence-electron chi connectivity index (χ0n) is 27.7. The van der Waals surface area contributed by atoms with Crippen LogP contribution in [0.1, 0.15) is 47.9 Å². The topological polar surface area (TPSA) is 88.7 Å². The molecular weight excluding hydrogens is 580 g/mol. The molecule has 10 nitrogen and oxygen atoms in total. The molecule has 4 amide bonds. The van der Waals surface area contributed by atoms with Crippen LogP contribution in [0.2, 0.25) is 0 Å². The fourth-order valence-corrected chi connectivity index (χ4v) is 7.72. The maximum atomic E-state index is 14.0.